The maximum absolute atomic E-state index is 12.8. The summed E-state index contributed by atoms with van der Waals surface area (Å²) in [5.41, 5.74) is -0.424. The van der Waals surface area contributed by atoms with E-state index in [0.29, 0.717) is 5.57 Å². The maximum atomic E-state index is 12.8. The van der Waals surface area contributed by atoms with Gasteiger partial charge in [-0.3, -0.25) is 0 Å². The quantitative estimate of drug-likeness (QED) is 0.766. The van der Waals surface area contributed by atoms with E-state index in [-0.39, 0.29) is 23.9 Å². The third kappa shape index (κ3) is 4.63. The van der Waals surface area contributed by atoms with Crippen LogP contribution in [0.2, 0.25) is 0 Å². The average molecular weight is 360 g/mol. The van der Waals surface area contributed by atoms with E-state index in [1.54, 1.807) is 6.92 Å². The normalized spacial score (nSPS) is 12.4. The first kappa shape index (κ1) is 18.1. The van der Waals surface area contributed by atoms with Crippen molar-refractivity contribution in [2.24, 2.45) is 0 Å². The van der Waals surface area contributed by atoms with E-state index in [0.717, 1.165) is 12.3 Å². The van der Waals surface area contributed by atoms with Crippen LogP contribution in [0.1, 0.15) is 18.4 Å². The van der Waals surface area contributed by atoms with Crippen LogP contribution < -0.4 is 0 Å². The molecule has 0 N–H and O–H groups in total. The number of hydrogen-bond donors (Lipinski definition) is 0. The lowest BCUT2D eigenvalue weighted by Crippen LogP contribution is -2.10. The summed E-state index contributed by atoms with van der Waals surface area (Å²) in [6, 6.07) is 3.42. The standard InChI is InChI=1S/C14H15F3N4O2S/c1-9(2)7-21-13(19-12(20-21)8-24(3,22)23)10-5-4-6-11(18-10)14(15,16)17/h4-6H,1,7-8H2,2-3H3. The molecule has 0 aliphatic heterocycles. The van der Waals surface area contributed by atoms with Crippen molar-refractivity contribution in [3.63, 3.8) is 0 Å². The molecule has 2 heterocycles. The molecule has 0 radical (unpaired) electrons. The molecule has 6 nitrogen and oxygen atoms in total. The predicted octanol–water partition coefficient (Wildman–Crippen LogP) is 2.48. The fraction of sp³-hybridized carbons (Fsp3) is 0.357. The first-order valence-electron chi connectivity index (χ1n) is 6.76. The molecular weight excluding hydrogens is 345 g/mol. The average Bonchev–Trinajstić information content (AvgIpc) is 2.77. The zero-order valence-corrected chi connectivity index (χ0v) is 13.8. The second-order valence-corrected chi connectivity index (χ2v) is 7.58. The Hall–Kier alpha value is -2.23. The number of halogens is 3. The molecule has 0 spiro atoms. The van der Waals surface area contributed by atoms with E-state index in [2.05, 4.69) is 21.6 Å². The van der Waals surface area contributed by atoms with Gasteiger partial charge in [-0.15, -0.1) is 0 Å². The zero-order valence-electron chi connectivity index (χ0n) is 13.0. The largest absolute Gasteiger partial charge is 0.433 e. The van der Waals surface area contributed by atoms with Crippen molar-refractivity contribution in [2.45, 2.75) is 25.4 Å². The van der Waals surface area contributed by atoms with Gasteiger partial charge in [0.1, 0.15) is 17.1 Å². The lowest BCUT2D eigenvalue weighted by Gasteiger charge is -2.08. The van der Waals surface area contributed by atoms with Crippen molar-refractivity contribution in [3.8, 4) is 11.5 Å². The smallest absolute Gasteiger partial charge is 0.240 e. The van der Waals surface area contributed by atoms with Gasteiger partial charge in [0.05, 0.1) is 6.54 Å². The first-order chi connectivity index (χ1) is 11.0. The number of hydrogen-bond acceptors (Lipinski definition) is 5. The highest BCUT2D eigenvalue weighted by Crippen LogP contribution is 2.29. The summed E-state index contributed by atoms with van der Waals surface area (Å²) in [6.07, 6.45) is -3.57. The monoisotopic (exact) mass is 360 g/mol. The minimum atomic E-state index is -4.59. The third-order valence-electron chi connectivity index (χ3n) is 2.80. The lowest BCUT2D eigenvalue weighted by molar-refractivity contribution is -0.141. The van der Waals surface area contributed by atoms with Crippen molar-refractivity contribution in [2.75, 3.05) is 6.26 Å². The molecule has 2 aromatic heterocycles. The fourth-order valence-electron chi connectivity index (χ4n) is 1.96. The van der Waals surface area contributed by atoms with Crippen molar-refractivity contribution >= 4 is 9.84 Å². The van der Waals surface area contributed by atoms with E-state index >= 15 is 0 Å². The molecule has 24 heavy (non-hydrogen) atoms. The van der Waals surface area contributed by atoms with Crippen molar-refractivity contribution < 1.29 is 21.6 Å². The summed E-state index contributed by atoms with van der Waals surface area (Å²) in [4.78, 5) is 7.61. The van der Waals surface area contributed by atoms with Gasteiger partial charge < -0.3 is 0 Å². The minimum Gasteiger partial charge on any atom is -0.240 e. The number of rotatable bonds is 5. The molecule has 0 unspecified atom stereocenters. The molecule has 0 saturated carbocycles. The summed E-state index contributed by atoms with van der Waals surface area (Å²) in [6.45, 7) is 5.61. The molecular formula is C14H15F3N4O2S. The van der Waals surface area contributed by atoms with Gasteiger partial charge in [0.25, 0.3) is 0 Å². The molecule has 130 valence electrons. The number of aromatic nitrogens is 4. The van der Waals surface area contributed by atoms with E-state index in [9.17, 15) is 21.6 Å². The van der Waals surface area contributed by atoms with Crippen LogP contribution in [0.5, 0.6) is 0 Å². The Morgan fingerprint density at radius 3 is 2.50 bits per heavy atom. The van der Waals surface area contributed by atoms with E-state index in [1.165, 1.54) is 16.8 Å². The highest BCUT2D eigenvalue weighted by atomic mass is 32.2. The summed E-state index contributed by atoms with van der Waals surface area (Å²) in [5.74, 6) is -0.363. The number of nitrogens with zero attached hydrogens (tertiary/aromatic N) is 4. The van der Waals surface area contributed by atoms with Gasteiger partial charge >= 0.3 is 6.18 Å². The lowest BCUT2D eigenvalue weighted by atomic mass is 10.2. The molecule has 0 saturated heterocycles. The Labute approximate surface area is 137 Å². The van der Waals surface area contributed by atoms with Gasteiger partial charge in [0.15, 0.2) is 21.5 Å². The molecule has 10 heteroatoms. The van der Waals surface area contributed by atoms with Crippen LogP contribution in [-0.2, 0) is 28.3 Å². The molecule has 0 atom stereocenters. The van der Waals surface area contributed by atoms with E-state index in [4.69, 9.17) is 0 Å². The molecule has 0 aromatic carbocycles. The van der Waals surface area contributed by atoms with Crippen LogP contribution in [0.3, 0.4) is 0 Å². The van der Waals surface area contributed by atoms with E-state index in [1.807, 2.05) is 0 Å². The van der Waals surface area contributed by atoms with Crippen LogP contribution in [-0.4, -0.2) is 34.4 Å². The molecule has 2 aromatic rings. The van der Waals surface area contributed by atoms with Gasteiger partial charge in [-0.05, 0) is 19.1 Å². The number of pyridine rings is 1. The Balaban J connectivity index is 2.53. The Morgan fingerprint density at radius 1 is 1.29 bits per heavy atom. The SMILES string of the molecule is C=C(C)Cn1nc(CS(C)(=O)=O)nc1-c1cccc(C(F)(F)F)n1. The van der Waals surface area contributed by atoms with Gasteiger partial charge in [0, 0.05) is 6.26 Å². The number of alkyl halides is 3. The Morgan fingerprint density at radius 2 is 1.96 bits per heavy atom. The molecule has 0 bridgehead atoms. The zero-order chi connectivity index (χ0) is 18.1. The Bertz CT molecular complexity index is 872. The molecule has 0 amide bonds. The van der Waals surface area contributed by atoms with Crippen molar-refractivity contribution in [3.05, 3.63) is 41.9 Å². The maximum Gasteiger partial charge on any atom is 0.433 e. The van der Waals surface area contributed by atoms with Crippen LogP contribution in [0, 0.1) is 0 Å². The van der Waals surface area contributed by atoms with Crippen LogP contribution in [0.25, 0.3) is 11.5 Å². The summed E-state index contributed by atoms with van der Waals surface area (Å²) in [7, 11) is -3.38. The molecule has 2 rings (SSSR count). The van der Waals surface area contributed by atoms with Crippen LogP contribution in [0.4, 0.5) is 13.2 Å². The van der Waals surface area contributed by atoms with Gasteiger partial charge in [-0.2, -0.15) is 18.3 Å². The van der Waals surface area contributed by atoms with Crippen LogP contribution in [0.15, 0.2) is 30.4 Å². The van der Waals surface area contributed by atoms with Gasteiger partial charge in [0.2, 0.25) is 0 Å². The van der Waals surface area contributed by atoms with E-state index < -0.39 is 27.5 Å². The fourth-order valence-corrected chi connectivity index (χ4v) is 2.55. The molecule has 0 fully saturated rings. The second-order valence-electron chi connectivity index (χ2n) is 5.44. The van der Waals surface area contributed by atoms with Crippen LogP contribution >= 0.6 is 0 Å². The van der Waals surface area contributed by atoms with Crippen molar-refractivity contribution in [1.82, 2.24) is 19.7 Å². The second kappa shape index (κ2) is 6.34. The topological polar surface area (TPSA) is 77.7 Å². The summed E-state index contributed by atoms with van der Waals surface area (Å²) in [5, 5.41) is 4.05. The minimum absolute atomic E-state index is 0.00652. The summed E-state index contributed by atoms with van der Waals surface area (Å²) < 4.78 is 62.6. The highest BCUT2D eigenvalue weighted by Gasteiger charge is 2.33. The van der Waals surface area contributed by atoms with Crippen molar-refractivity contribution in [1.29, 1.82) is 0 Å². The van der Waals surface area contributed by atoms with Gasteiger partial charge in [-0.1, -0.05) is 18.2 Å². The highest BCUT2D eigenvalue weighted by molar-refractivity contribution is 7.89. The molecule has 0 aliphatic rings. The van der Waals surface area contributed by atoms with Gasteiger partial charge in [-0.25, -0.2) is 23.1 Å². The number of allylic oxidation sites excluding steroid dienone is 1. The summed E-state index contributed by atoms with van der Waals surface area (Å²) >= 11 is 0. The molecule has 0 aliphatic carbocycles. The Kier molecular flexibility index (Phi) is 4.79. The number of sulfone groups is 1. The third-order valence-corrected chi connectivity index (χ3v) is 3.58. The first-order valence-corrected chi connectivity index (χ1v) is 8.82. The predicted molar refractivity (Wildman–Crippen MR) is 81.6 cm³/mol.